The molecule has 0 aromatic carbocycles. The SMILES string of the molecule is [B]C(=O)NC(=O)[C@H](C(=O)N1CC2CC(C)(C)C[C@@H]2[C@H]1CO)C(C)(C)C. The van der Waals surface area contributed by atoms with Crippen LogP contribution in [-0.4, -0.2) is 54.7 Å². The van der Waals surface area contributed by atoms with Crippen LogP contribution in [0.4, 0.5) is 4.79 Å². The number of rotatable bonds is 3. The Kier molecular flexibility index (Phi) is 5.38. The lowest BCUT2D eigenvalue weighted by Crippen LogP contribution is -2.52. The summed E-state index contributed by atoms with van der Waals surface area (Å²) in [4.78, 5) is 38.3. The van der Waals surface area contributed by atoms with Crippen molar-refractivity contribution in [3.05, 3.63) is 0 Å². The smallest absolute Gasteiger partial charge is 0.238 e. The van der Waals surface area contributed by atoms with E-state index in [1.807, 2.05) is 5.32 Å². The molecule has 0 spiro atoms. The quantitative estimate of drug-likeness (QED) is 0.595. The molecule has 0 aromatic heterocycles. The lowest BCUT2D eigenvalue weighted by molar-refractivity contribution is -0.148. The number of likely N-dealkylation sites (tertiary alicyclic amines) is 1. The number of hydrogen-bond acceptors (Lipinski definition) is 4. The maximum Gasteiger partial charge on any atom is 0.238 e. The molecular weight excluding hydrogens is 319 g/mol. The number of imide groups is 1. The Hall–Kier alpha value is -1.37. The van der Waals surface area contributed by atoms with Crippen LogP contribution in [0.2, 0.25) is 0 Å². The molecule has 4 atom stereocenters. The number of amides is 3. The summed E-state index contributed by atoms with van der Waals surface area (Å²) >= 11 is 0. The van der Waals surface area contributed by atoms with Crippen LogP contribution in [0.15, 0.2) is 0 Å². The number of aliphatic hydroxyl groups is 1. The van der Waals surface area contributed by atoms with Gasteiger partial charge in [-0.3, -0.25) is 14.4 Å². The molecule has 1 aliphatic carbocycles. The predicted octanol–water partition coefficient (Wildman–Crippen LogP) is 1.31. The summed E-state index contributed by atoms with van der Waals surface area (Å²) in [6.45, 7) is 10.2. The molecule has 0 bridgehead atoms. The molecule has 1 heterocycles. The molecule has 1 aliphatic heterocycles. The van der Waals surface area contributed by atoms with E-state index in [9.17, 15) is 19.5 Å². The minimum absolute atomic E-state index is 0.114. The van der Waals surface area contributed by atoms with Crippen molar-refractivity contribution in [2.45, 2.75) is 53.5 Å². The maximum atomic E-state index is 13.2. The van der Waals surface area contributed by atoms with Gasteiger partial charge in [-0.15, -0.1) is 0 Å². The average molecular weight is 348 g/mol. The largest absolute Gasteiger partial charge is 0.394 e. The Morgan fingerprint density at radius 2 is 1.88 bits per heavy atom. The van der Waals surface area contributed by atoms with Crippen molar-refractivity contribution in [1.29, 1.82) is 0 Å². The minimum Gasteiger partial charge on any atom is -0.394 e. The number of fused-ring (bicyclic) bond motifs is 1. The zero-order valence-electron chi connectivity index (χ0n) is 15.8. The average Bonchev–Trinajstić information content (AvgIpc) is 2.87. The van der Waals surface area contributed by atoms with Gasteiger partial charge in [-0.2, -0.15) is 0 Å². The van der Waals surface area contributed by atoms with E-state index in [0.717, 1.165) is 12.8 Å². The summed E-state index contributed by atoms with van der Waals surface area (Å²) in [6, 6.07) is -0.273. The second-order valence-corrected chi connectivity index (χ2v) is 9.39. The first-order valence-corrected chi connectivity index (χ1v) is 8.89. The summed E-state index contributed by atoms with van der Waals surface area (Å²) < 4.78 is 0. The van der Waals surface area contributed by atoms with E-state index < -0.39 is 23.0 Å². The molecule has 2 fully saturated rings. The predicted molar refractivity (Wildman–Crippen MR) is 94.8 cm³/mol. The lowest BCUT2D eigenvalue weighted by atomic mass is 9.78. The van der Waals surface area contributed by atoms with Gasteiger partial charge in [0, 0.05) is 6.54 Å². The van der Waals surface area contributed by atoms with E-state index in [1.165, 1.54) is 0 Å². The van der Waals surface area contributed by atoms with Gasteiger partial charge in [-0.1, -0.05) is 34.6 Å². The topological polar surface area (TPSA) is 86.7 Å². The number of carbonyl (C=O) groups is 3. The Morgan fingerprint density at radius 1 is 1.28 bits per heavy atom. The van der Waals surface area contributed by atoms with Crippen LogP contribution in [0, 0.1) is 28.6 Å². The third kappa shape index (κ3) is 4.07. The summed E-state index contributed by atoms with van der Waals surface area (Å²) in [5, 5.41) is 11.9. The fourth-order valence-corrected chi connectivity index (χ4v) is 4.74. The first-order chi connectivity index (χ1) is 11.4. The van der Waals surface area contributed by atoms with E-state index in [-0.39, 0.29) is 29.9 Å². The molecular formula is C18H29BN2O4. The van der Waals surface area contributed by atoms with Gasteiger partial charge in [0.2, 0.25) is 19.7 Å². The van der Waals surface area contributed by atoms with Crippen molar-refractivity contribution in [2.75, 3.05) is 13.2 Å². The fraction of sp³-hybridized carbons (Fsp3) is 0.833. The molecule has 2 radical (unpaired) electrons. The molecule has 7 heteroatoms. The van der Waals surface area contributed by atoms with E-state index in [4.69, 9.17) is 7.85 Å². The summed E-state index contributed by atoms with van der Waals surface area (Å²) in [7, 11) is 5.05. The van der Waals surface area contributed by atoms with Gasteiger partial charge in [0.05, 0.1) is 12.6 Å². The number of aliphatic hydroxyl groups excluding tert-OH is 1. The van der Waals surface area contributed by atoms with Gasteiger partial charge >= 0.3 is 0 Å². The van der Waals surface area contributed by atoms with Crippen molar-refractivity contribution in [2.24, 2.45) is 28.6 Å². The molecule has 2 rings (SSSR count). The third-order valence-electron chi connectivity index (χ3n) is 5.63. The fourth-order valence-electron chi connectivity index (χ4n) is 4.74. The van der Waals surface area contributed by atoms with Gasteiger partial charge in [0.1, 0.15) is 5.92 Å². The molecule has 138 valence electrons. The lowest BCUT2D eigenvalue weighted by Gasteiger charge is -2.35. The van der Waals surface area contributed by atoms with Crippen LogP contribution in [0.1, 0.15) is 47.5 Å². The standard InChI is InChI=1S/C18H29BN2O4/c1-17(2,3)13(14(23)20-16(19)25)15(24)21-8-10-6-18(4,5)7-11(10)12(21)9-22/h10-13,22H,6-9H2,1-5H3,(H,20,23,25)/t10?,11-,12+,13+/m0/s1. The molecule has 1 unspecified atom stereocenters. The molecule has 1 saturated carbocycles. The number of nitrogens with one attached hydrogen (secondary N) is 1. The van der Waals surface area contributed by atoms with Crippen molar-refractivity contribution in [1.82, 2.24) is 10.2 Å². The number of hydrogen-bond donors (Lipinski definition) is 2. The molecule has 25 heavy (non-hydrogen) atoms. The highest BCUT2D eigenvalue weighted by molar-refractivity contribution is 6.58. The zero-order chi connectivity index (χ0) is 19.2. The van der Waals surface area contributed by atoms with Gasteiger partial charge in [0.15, 0.2) is 5.81 Å². The number of nitrogens with zero attached hydrogens (tertiary/aromatic N) is 1. The highest BCUT2D eigenvalue weighted by Crippen LogP contribution is 2.51. The Bertz CT molecular complexity index is 570. The second-order valence-electron chi connectivity index (χ2n) is 9.39. The van der Waals surface area contributed by atoms with E-state index in [2.05, 4.69) is 13.8 Å². The monoisotopic (exact) mass is 348 g/mol. The van der Waals surface area contributed by atoms with Gasteiger partial charge in [0.25, 0.3) is 0 Å². The van der Waals surface area contributed by atoms with Crippen LogP contribution in [0.5, 0.6) is 0 Å². The molecule has 2 aliphatic rings. The van der Waals surface area contributed by atoms with Gasteiger partial charge in [-0.25, -0.2) is 0 Å². The first-order valence-electron chi connectivity index (χ1n) is 8.89. The second kappa shape index (κ2) is 6.74. The normalized spacial score (nSPS) is 29.2. The van der Waals surface area contributed by atoms with Crippen LogP contribution in [0.3, 0.4) is 0 Å². The van der Waals surface area contributed by atoms with Crippen LogP contribution in [-0.2, 0) is 9.59 Å². The molecule has 1 saturated heterocycles. The minimum atomic E-state index is -1.03. The summed E-state index contributed by atoms with van der Waals surface area (Å²) in [6.07, 6.45) is 1.96. The molecule has 3 amide bonds. The van der Waals surface area contributed by atoms with Crippen molar-refractivity contribution >= 4 is 25.5 Å². The van der Waals surface area contributed by atoms with Crippen molar-refractivity contribution < 1.29 is 19.5 Å². The molecule has 0 aromatic rings. The summed E-state index contributed by atoms with van der Waals surface area (Å²) in [5.41, 5.74) is -0.460. The van der Waals surface area contributed by atoms with E-state index >= 15 is 0 Å². The van der Waals surface area contributed by atoms with Crippen LogP contribution < -0.4 is 5.32 Å². The Balaban J connectivity index is 2.25. The zero-order valence-corrected chi connectivity index (χ0v) is 15.8. The third-order valence-corrected chi connectivity index (χ3v) is 5.63. The highest BCUT2D eigenvalue weighted by atomic mass is 16.3. The summed E-state index contributed by atoms with van der Waals surface area (Å²) in [5.74, 6) is -2.41. The van der Waals surface area contributed by atoms with Gasteiger partial charge in [-0.05, 0) is 35.5 Å². The van der Waals surface area contributed by atoms with Crippen LogP contribution >= 0.6 is 0 Å². The highest BCUT2D eigenvalue weighted by Gasteiger charge is 2.53. The van der Waals surface area contributed by atoms with Crippen molar-refractivity contribution in [3.8, 4) is 0 Å². The molecule has 2 N–H and O–H groups in total. The number of carbonyl (C=O) groups excluding carboxylic acids is 3. The maximum absolute atomic E-state index is 13.2. The van der Waals surface area contributed by atoms with Crippen LogP contribution in [0.25, 0.3) is 0 Å². The Labute approximate surface area is 151 Å². The molecule has 6 nitrogen and oxygen atoms in total. The van der Waals surface area contributed by atoms with Crippen molar-refractivity contribution in [3.63, 3.8) is 0 Å². The first kappa shape index (κ1) is 20.0. The van der Waals surface area contributed by atoms with Gasteiger partial charge < -0.3 is 15.3 Å². The van der Waals surface area contributed by atoms with E-state index in [1.54, 1.807) is 25.7 Å². The van der Waals surface area contributed by atoms with E-state index in [0.29, 0.717) is 12.5 Å². The Morgan fingerprint density at radius 3 is 2.36 bits per heavy atom.